The Morgan fingerprint density at radius 3 is 2.33 bits per heavy atom. The van der Waals surface area contributed by atoms with Gasteiger partial charge < -0.3 is 15.4 Å². The highest BCUT2D eigenvalue weighted by molar-refractivity contribution is 8.00. The number of ether oxygens (including phenoxy) is 1. The molecule has 0 atom stereocenters. The molecule has 1 amide bonds. The van der Waals surface area contributed by atoms with E-state index in [9.17, 15) is 4.79 Å². The molecule has 0 aliphatic carbocycles. The van der Waals surface area contributed by atoms with Crippen LogP contribution in [0.5, 0.6) is 0 Å². The van der Waals surface area contributed by atoms with Gasteiger partial charge in [0.25, 0.3) is 0 Å². The summed E-state index contributed by atoms with van der Waals surface area (Å²) in [7, 11) is 1.68. The number of methoxy groups -OCH3 is 1. The van der Waals surface area contributed by atoms with Gasteiger partial charge in [0.05, 0.1) is 12.0 Å². The zero-order chi connectivity index (χ0) is 15.1. The average molecular weight is 339 g/mol. The number of rotatable bonds is 8. The van der Waals surface area contributed by atoms with E-state index in [1.165, 1.54) is 0 Å². The Balaban J connectivity index is 0.00000400. The fraction of sp³-hybridized carbons (Fsp3) is 0.933. The van der Waals surface area contributed by atoms with E-state index in [1.54, 1.807) is 7.11 Å². The summed E-state index contributed by atoms with van der Waals surface area (Å²) in [5, 5.41) is 6.52. The number of halogens is 1. The lowest BCUT2D eigenvalue weighted by Crippen LogP contribution is -2.52. The molecule has 0 aromatic rings. The first-order valence-electron chi connectivity index (χ1n) is 7.61. The summed E-state index contributed by atoms with van der Waals surface area (Å²) in [4.78, 5) is 12.7. The number of amides is 1. The lowest BCUT2D eigenvalue weighted by atomic mass is 9.78. The molecule has 1 aliphatic rings. The topological polar surface area (TPSA) is 50.4 Å². The zero-order valence-electron chi connectivity index (χ0n) is 13.8. The number of carbonyl (C=O) groups excluding carboxylic acids is 1. The van der Waals surface area contributed by atoms with Crippen molar-refractivity contribution in [3.8, 4) is 0 Å². The minimum atomic E-state index is -0.342. The first kappa shape index (κ1) is 21.0. The summed E-state index contributed by atoms with van der Waals surface area (Å²) >= 11 is 1.86. The molecule has 0 unspecified atom stereocenters. The van der Waals surface area contributed by atoms with E-state index >= 15 is 0 Å². The van der Waals surface area contributed by atoms with Crippen LogP contribution in [0.15, 0.2) is 0 Å². The predicted octanol–water partition coefficient (Wildman–Crippen LogP) is 2.46. The van der Waals surface area contributed by atoms with E-state index in [0.717, 1.165) is 45.3 Å². The molecule has 0 bridgehead atoms. The number of hydrogen-bond acceptors (Lipinski definition) is 4. The van der Waals surface area contributed by atoms with Crippen LogP contribution in [0.1, 0.15) is 39.5 Å². The Hall–Kier alpha value is 0.0300. The van der Waals surface area contributed by atoms with E-state index in [-0.39, 0.29) is 28.5 Å². The number of piperidine rings is 1. The Morgan fingerprint density at radius 2 is 1.90 bits per heavy atom. The van der Waals surface area contributed by atoms with Crippen LogP contribution in [0.4, 0.5) is 0 Å². The summed E-state index contributed by atoms with van der Waals surface area (Å²) in [6, 6.07) is 0. The standard InChI is InChI=1S/C15H30N2O2S.ClH/c1-5-15(6-2,20-4)11-17-13(18)14(12-19-3)7-9-16-10-8-14;/h16H,5-12H2,1-4H3,(H,17,18);1H. The summed E-state index contributed by atoms with van der Waals surface area (Å²) in [6.07, 6.45) is 6.00. The van der Waals surface area contributed by atoms with Gasteiger partial charge in [-0.1, -0.05) is 13.8 Å². The van der Waals surface area contributed by atoms with Gasteiger partial charge in [-0.25, -0.2) is 0 Å². The highest BCUT2D eigenvalue weighted by Gasteiger charge is 2.40. The molecule has 1 fully saturated rings. The van der Waals surface area contributed by atoms with Crippen LogP contribution in [0.3, 0.4) is 0 Å². The van der Waals surface area contributed by atoms with Gasteiger partial charge in [0.1, 0.15) is 0 Å². The first-order valence-corrected chi connectivity index (χ1v) is 8.83. The lowest BCUT2D eigenvalue weighted by molar-refractivity contribution is -0.136. The molecule has 0 radical (unpaired) electrons. The van der Waals surface area contributed by atoms with Gasteiger partial charge in [0.2, 0.25) is 5.91 Å². The fourth-order valence-electron chi connectivity index (χ4n) is 2.91. The predicted molar refractivity (Wildman–Crippen MR) is 93.5 cm³/mol. The van der Waals surface area contributed by atoms with Crippen LogP contribution in [0.2, 0.25) is 0 Å². The highest BCUT2D eigenvalue weighted by Crippen LogP contribution is 2.32. The van der Waals surface area contributed by atoms with Crippen molar-refractivity contribution in [2.24, 2.45) is 5.41 Å². The minimum Gasteiger partial charge on any atom is -0.384 e. The molecular formula is C15H31ClN2O2S. The van der Waals surface area contributed by atoms with Crippen molar-refractivity contribution in [2.75, 3.05) is 39.6 Å². The fourth-order valence-corrected chi connectivity index (χ4v) is 3.70. The summed E-state index contributed by atoms with van der Waals surface area (Å²) in [6.45, 7) is 7.45. The van der Waals surface area contributed by atoms with E-state index in [2.05, 4.69) is 30.7 Å². The molecule has 21 heavy (non-hydrogen) atoms. The van der Waals surface area contributed by atoms with Crippen molar-refractivity contribution in [1.82, 2.24) is 10.6 Å². The quantitative estimate of drug-likeness (QED) is 0.714. The van der Waals surface area contributed by atoms with Crippen molar-refractivity contribution in [2.45, 2.75) is 44.3 Å². The monoisotopic (exact) mass is 338 g/mol. The molecule has 1 heterocycles. The van der Waals surface area contributed by atoms with Gasteiger partial charge in [-0.3, -0.25) is 4.79 Å². The SMILES string of the molecule is CCC(CC)(CNC(=O)C1(COC)CCNCC1)SC.Cl. The van der Waals surface area contributed by atoms with E-state index < -0.39 is 0 Å². The summed E-state index contributed by atoms with van der Waals surface area (Å²) < 4.78 is 5.49. The molecule has 0 saturated carbocycles. The maximum absolute atomic E-state index is 12.7. The van der Waals surface area contributed by atoms with Crippen molar-refractivity contribution >= 4 is 30.1 Å². The maximum atomic E-state index is 12.7. The second-order valence-corrected chi connectivity index (χ2v) is 7.01. The second kappa shape index (κ2) is 9.93. The molecule has 0 spiro atoms. The van der Waals surface area contributed by atoms with E-state index in [1.807, 2.05) is 11.8 Å². The Bertz CT molecular complexity index is 292. The number of hydrogen-bond donors (Lipinski definition) is 2. The highest BCUT2D eigenvalue weighted by atomic mass is 35.5. The lowest BCUT2D eigenvalue weighted by Gasteiger charge is -2.37. The van der Waals surface area contributed by atoms with Crippen LogP contribution in [0, 0.1) is 5.41 Å². The third-order valence-corrected chi connectivity index (χ3v) is 6.34. The van der Waals surface area contributed by atoms with Crippen molar-refractivity contribution in [1.29, 1.82) is 0 Å². The van der Waals surface area contributed by atoms with Gasteiger partial charge in [-0.2, -0.15) is 11.8 Å². The molecule has 1 saturated heterocycles. The average Bonchev–Trinajstić information content (AvgIpc) is 2.50. The molecular weight excluding hydrogens is 308 g/mol. The Morgan fingerprint density at radius 1 is 1.33 bits per heavy atom. The second-order valence-electron chi connectivity index (χ2n) is 5.74. The molecule has 4 nitrogen and oxygen atoms in total. The van der Waals surface area contributed by atoms with Crippen LogP contribution < -0.4 is 10.6 Å². The molecule has 6 heteroatoms. The first-order chi connectivity index (χ1) is 9.58. The normalized spacial score (nSPS) is 17.9. The van der Waals surface area contributed by atoms with Crippen molar-refractivity contribution in [3.63, 3.8) is 0 Å². The van der Waals surface area contributed by atoms with Crippen LogP contribution >= 0.6 is 24.2 Å². The third-order valence-electron chi connectivity index (χ3n) is 4.76. The Labute approximate surface area is 139 Å². The number of nitrogens with one attached hydrogen (secondary N) is 2. The van der Waals surface area contributed by atoms with Crippen LogP contribution in [-0.2, 0) is 9.53 Å². The summed E-state index contributed by atoms with van der Waals surface area (Å²) in [5.74, 6) is 0.168. The van der Waals surface area contributed by atoms with Gasteiger partial charge in [0, 0.05) is 18.4 Å². The molecule has 0 aromatic carbocycles. The minimum absolute atomic E-state index is 0. The van der Waals surface area contributed by atoms with E-state index in [4.69, 9.17) is 4.74 Å². The Kier molecular flexibility index (Phi) is 9.94. The van der Waals surface area contributed by atoms with Gasteiger partial charge >= 0.3 is 0 Å². The molecule has 0 aromatic heterocycles. The van der Waals surface area contributed by atoms with Crippen molar-refractivity contribution in [3.05, 3.63) is 0 Å². The molecule has 1 aliphatic heterocycles. The largest absolute Gasteiger partial charge is 0.384 e. The van der Waals surface area contributed by atoms with Gasteiger partial charge in [-0.05, 0) is 45.0 Å². The van der Waals surface area contributed by atoms with Crippen molar-refractivity contribution < 1.29 is 9.53 Å². The molecule has 1 rings (SSSR count). The summed E-state index contributed by atoms with van der Waals surface area (Å²) in [5.41, 5.74) is -0.342. The maximum Gasteiger partial charge on any atom is 0.228 e. The van der Waals surface area contributed by atoms with Crippen LogP contribution in [-0.4, -0.2) is 50.3 Å². The zero-order valence-corrected chi connectivity index (χ0v) is 15.4. The number of carbonyl (C=O) groups is 1. The molecule has 126 valence electrons. The number of thioether (sulfide) groups is 1. The van der Waals surface area contributed by atoms with Crippen LogP contribution in [0.25, 0.3) is 0 Å². The molecule has 2 N–H and O–H groups in total. The van der Waals surface area contributed by atoms with Gasteiger partial charge in [0.15, 0.2) is 0 Å². The third kappa shape index (κ3) is 5.31. The van der Waals surface area contributed by atoms with E-state index in [0.29, 0.717) is 6.61 Å². The van der Waals surface area contributed by atoms with Gasteiger partial charge in [-0.15, -0.1) is 12.4 Å². The smallest absolute Gasteiger partial charge is 0.228 e.